The SMILES string of the molecule is CN(C)c1cccc(C(=O)Nc2ccc[nH]c2=O)c1. The van der Waals surface area contributed by atoms with Gasteiger partial charge in [0, 0.05) is 31.5 Å². The highest BCUT2D eigenvalue weighted by molar-refractivity contribution is 6.04. The molecule has 98 valence electrons. The molecule has 2 rings (SSSR count). The zero-order valence-corrected chi connectivity index (χ0v) is 10.8. The maximum Gasteiger partial charge on any atom is 0.271 e. The van der Waals surface area contributed by atoms with E-state index in [2.05, 4.69) is 10.3 Å². The molecule has 5 heteroatoms. The van der Waals surface area contributed by atoms with E-state index in [9.17, 15) is 9.59 Å². The number of benzene rings is 1. The van der Waals surface area contributed by atoms with E-state index in [1.165, 1.54) is 6.20 Å². The molecule has 1 heterocycles. The summed E-state index contributed by atoms with van der Waals surface area (Å²) in [5.41, 5.74) is 1.35. The standard InChI is InChI=1S/C14H15N3O2/c1-17(2)11-6-3-5-10(9-11)13(18)16-12-7-4-8-15-14(12)19/h3-9H,1-2H3,(H,15,19)(H,16,18). The zero-order chi connectivity index (χ0) is 13.8. The lowest BCUT2D eigenvalue weighted by Crippen LogP contribution is -2.19. The topological polar surface area (TPSA) is 65.2 Å². The first-order valence-corrected chi connectivity index (χ1v) is 5.84. The molecule has 0 aliphatic carbocycles. The fourth-order valence-electron chi connectivity index (χ4n) is 1.64. The van der Waals surface area contributed by atoms with Crippen molar-refractivity contribution in [1.29, 1.82) is 0 Å². The van der Waals surface area contributed by atoms with Crippen molar-refractivity contribution in [3.05, 3.63) is 58.5 Å². The van der Waals surface area contributed by atoms with Crippen LogP contribution in [0.5, 0.6) is 0 Å². The molecule has 0 radical (unpaired) electrons. The van der Waals surface area contributed by atoms with Crippen molar-refractivity contribution >= 4 is 17.3 Å². The zero-order valence-electron chi connectivity index (χ0n) is 10.8. The predicted octanol–water partition coefficient (Wildman–Crippen LogP) is 1.69. The lowest BCUT2D eigenvalue weighted by atomic mass is 10.2. The van der Waals surface area contributed by atoms with Crippen molar-refractivity contribution in [2.75, 3.05) is 24.3 Å². The van der Waals surface area contributed by atoms with E-state index in [0.717, 1.165) is 5.69 Å². The average Bonchev–Trinajstić information content (AvgIpc) is 2.41. The molecule has 0 spiro atoms. The molecule has 0 bridgehead atoms. The van der Waals surface area contributed by atoms with Crippen LogP contribution in [0.15, 0.2) is 47.4 Å². The van der Waals surface area contributed by atoms with E-state index >= 15 is 0 Å². The molecule has 0 aliphatic heterocycles. The monoisotopic (exact) mass is 257 g/mol. The van der Waals surface area contributed by atoms with E-state index in [0.29, 0.717) is 5.56 Å². The third-order valence-electron chi connectivity index (χ3n) is 2.69. The number of nitrogens with one attached hydrogen (secondary N) is 2. The van der Waals surface area contributed by atoms with E-state index in [1.54, 1.807) is 30.3 Å². The first-order valence-electron chi connectivity index (χ1n) is 5.84. The minimum atomic E-state index is -0.320. The van der Waals surface area contributed by atoms with Gasteiger partial charge in [-0.15, -0.1) is 0 Å². The van der Waals surface area contributed by atoms with Gasteiger partial charge in [-0.05, 0) is 30.3 Å². The number of nitrogens with zero attached hydrogens (tertiary/aromatic N) is 1. The number of aromatic nitrogens is 1. The third-order valence-corrected chi connectivity index (χ3v) is 2.69. The van der Waals surface area contributed by atoms with Gasteiger partial charge in [0.25, 0.3) is 11.5 Å². The first-order chi connectivity index (χ1) is 9.08. The van der Waals surface area contributed by atoms with Gasteiger partial charge >= 0.3 is 0 Å². The van der Waals surface area contributed by atoms with Crippen LogP contribution >= 0.6 is 0 Å². The maximum atomic E-state index is 12.1. The van der Waals surface area contributed by atoms with Crippen LogP contribution in [0.4, 0.5) is 11.4 Å². The Bertz CT molecular complexity index is 647. The van der Waals surface area contributed by atoms with Crippen molar-refractivity contribution in [2.45, 2.75) is 0 Å². The molecule has 0 fully saturated rings. The summed E-state index contributed by atoms with van der Waals surface area (Å²) >= 11 is 0. The summed E-state index contributed by atoms with van der Waals surface area (Å²) in [6.45, 7) is 0. The van der Waals surface area contributed by atoms with Crippen molar-refractivity contribution in [1.82, 2.24) is 4.98 Å². The predicted molar refractivity (Wildman–Crippen MR) is 75.8 cm³/mol. The molecule has 19 heavy (non-hydrogen) atoms. The molecule has 0 saturated carbocycles. The Morgan fingerprint density at radius 1 is 1.21 bits per heavy atom. The molecule has 5 nitrogen and oxygen atoms in total. The fraction of sp³-hybridized carbons (Fsp3) is 0.143. The number of hydrogen-bond acceptors (Lipinski definition) is 3. The van der Waals surface area contributed by atoms with Gasteiger partial charge < -0.3 is 15.2 Å². The molecule has 2 aromatic rings. The second-order valence-electron chi connectivity index (χ2n) is 4.31. The van der Waals surface area contributed by atoms with Gasteiger partial charge in [-0.25, -0.2) is 0 Å². The third kappa shape index (κ3) is 3.01. The van der Waals surface area contributed by atoms with Crippen molar-refractivity contribution in [2.24, 2.45) is 0 Å². The Balaban J connectivity index is 2.23. The average molecular weight is 257 g/mol. The van der Waals surface area contributed by atoms with Crippen LogP contribution in [-0.2, 0) is 0 Å². The highest BCUT2D eigenvalue weighted by Gasteiger charge is 2.09. The van der Waals surface area contributed by atoms with E-state index in [4.69, 9.17) is 0 Å². The smallest absolute Gasteiger partial charge is 0.271 e. The number of rotatable bonds is 3. The van der Waals surface area contributed by atoms with Crippen LogP contribution < -0.4 is 15.8 Å². The van der Waals surface area contributed by atoms with E-state index < -0.39 is 0 Å². The van der Waals surface area contributed by atoms with Crippen molar-refractivity contribution in [3.63, 3.8) is 0 Å². The maximum absolute atomic E-state index is 12.1. The lowest BCUT2D eigenvalue weighted by molar-refractivity contribution is 0.102. The summed E-state index contributed by atoms with van der Waals surface area (Å²) in [7, 11) is 3.80. The molecule has 0 aliphatic rings. The quantitative estimate of drug-likeness (QED) is 0.879. The van der Waals surface area contributed by atoms with Crippen LogP contribution in [0.2, 0.25) is 0 Å². The number of aromatic amines is 1. The molecule has 0 unspecified atom stereocenters. The van der Waals surface area contributed by atoms with Crippen molar-refractivity contribution < 1.29 is 4.79 Å². The van der Waals surface area contributed by atoms with Crippen LogP contribution in [-0.4, -0.2) is 25.0 Å². The van der Waals surface area contributed by atoms with Gasteiger partial charge in [-0.1, -0.05) is 6.07 Å². The summed E-state index contributed by atoms with van der Waals surface area (Å²) in [5.74, 6) is -0.305. The number of amides is 1. The molecule has 0 saturated heterocycles. The van der Waals surface area contributed by atoms with Gasteiger partial charge in [-0.3, -0.25) is 9.59 Å². The molecule has 2 N–H and O–H groups in total. The second-order valence-corrected chi connectivity index (χ2v) is 4.31. The minimum Gasteiger partial charge on any atom is -0.378 e. The van der Waals surface area contributed by atoms with Gasteiger partial charge in [0.1, 0.15) is 5.69 Å². The first kappa shape index (κ1) is 12.9. The molecule has 1 amide bonds. The van der Waals surface area contributed by atoms with Gasteiger partial charge in [0.15, 0.2) is 0 Å². The number of hydrogen-bond donors (Lipinski definition) is 2. The molecule has 1 aromatic heterocycles. The molecule has 0 atom stereocenters. The largest absolute Gasteiger partial charge is 0.378 e. The summed E-state index contributed by atoms with van der Waals surface area (Å²) in [6, 6.07) is 10.4. The summed E-state index contributed by atoms with van der Waals surface area (Å²) in [5, 5.41) is 2.59. The summed E-state index contributed by atoms with van der Waals surface area (Å²) in [6.07, 6.45) is 1.52. The lowest BCUT2D eigenvalue weighted by Gasteiger charge is -2.13. The number of H-pyrrole nitrogens is 1. The number of carbonyl (C=O) groups excluding carboxylic acids is 1. The number of pyridine rings is 1. The summed E-state index contributed by atoms with van der Waals surface area (Å²) < 4.78 is 0. The highest BCUT2D eigenvalue weighted by atomic mass is 16.2. The van der Waals surface area contributed by atoms with Gasteiger partial charge in [0.2, 0.25) is 0 Å². The minimum absolute atomic E-state index is 0.239. The Hall–Kier alpha value is -2.56. The van der Waals surface area contributed by atoms with Crippen LogP contribution in [0.25, 0.3) is 0 Å². The fourth-order valence-corrected chi connectivity index (χ4v) is 1.64. The van der Waals surface area contributed by atoms with Crippen LogP contribution in [0.3, 0.4) is 0 Å². The molecular weight excluding hydrogens is 242 g/mol. The van der Waals surface area contributed by atoms with Crippen LogP contribution in [0, 0.1) is 0 Å². The second kappa shape index (κ2) is 5.39. The Labute approximate surface area is 110 Å². The number of anilines is 2. The Kier molecular flexibility index (Phi) is 3.66. The van der Waals surface area contributed by atoms with E-state index in [1.807, 2.05) is 25.1 Å². The van der Waals surface area contributed by atoms with Crippen molar-refractivity contribution in [3.8, 4) is 0 Å². The van der Waals surface area contributed by atoms with E-state index in [-0.39, 0.29) is 17.2 Å². The molecule has 1 aromatic carbocycles. The summed E-state index contributed by atoms with van der Waals surface area (Å²) in [4.78, 5) is 28.0. The highest BCUT2D eigenvalue weighted by Crippen LogP contribution is 2.14. The number of carbonyl (C=O) groups is 1. The Morgan fingerprint density at radius 2 is 2.00 bits per heavy atom. The molecular formula is C14H15N3O2. The van der Waals surface area contributed by atoms with Crippen LogP contribution in [0.1, 0.15) is 10.4 Å². The van der Waals surface area contributed by atoms with Gasteiger partial charge in [-0.2, -0.15) is 0 Å². The normalized spacial score (nSPS) is 10.0. The van der Waals surface area contributed by atoms with Gasteiger partial charge in [0.05, 0.1) is 0 Å². The Morgan fingerprint density at radius 3 is 2.68 bits per heavy atom.